The van der Waals surface area contributed by atoms with Gasteiger partial charge in [-0.25, -0.2) is 4.98 Å². The zero-order chi connectivity index (χ0) is 19.9. The van der Waals surface area contributed by atoms with Gasteiger partial charge in [-0.05, 0) is 31.2 Å². The molecule has 1 aromatic heterocycles. The number of phenolic OH excluding ortho intramolecular Hbond substituents is 2. The van der Waals surface area contributed by atoms with E-state index in [0.29, 0.717) is 11.1 Å². The highest BCUT2D eigenvalue weighted by Crippen LogP contribution is 2.30. The summed E-state index contributed by atoms with van der Waals surface area (Å²) in [4.78, 5) is 12.3. The fraction of sp³-hybridized carbons (Fsp3) is 0.0455. The number of aromatic nitrogens is 3. The van der Waals surface area contributed by atoms with Crippen LogP contribution in [0.25, 0.3) is 22.8 Å². The van der Waals surface area contributed by atoms with Crippen LogP contribution in [-0.4, -0.2) is 25.2 Å². The van der Waals surface area contributed by atoms with Gasteiger partial charge in [0.25, 0.3) is 0 Å². The third kappa shape index (κ3) is 4.62. The van der Waals surface area contributed by atoms with Crippen LogP contribution in [0.1, 0.15) is 5.56 Å². The molecule has 3 aromatic carbocycles. The van der Waals surface area contributed by atoms with Crippen LogP contribution in [0.15, 0.2) is 78.9 Å². The lowest BCUT2D eigenvalue weighted by atomic mass is 10.1. The van der Waals surface area contributed by atoms with Gasteiger partial charge < -0.3 is 15.9 Å². The number of para-hydroxylation sites is 2. The van der Waals surface area contributed by atoms with Crippen molar-refractivity contribution in [1.29, 1.82) is 0 Å². The highest BCUT2D eigenvalue weighted by atomic mass is 16.3. The van der Waals surface area contributed by atoms with Crippen molar-refractivity contribution in [3.63, 3.8) is 0 Å². The molecule has 0 fully saturated rings. The molecule has 0 aliphatic heterocycles. The molecule has 4 N–H and O–H groups in total. The number of hydrogen-bond donors (Lipinski definition) is 3. The van der Waals surface area contributed by atoms with E-state index in [0.717, 1.165) is 0 Å². The zero-order valence-corrected chi connectivity index (χ0v) is 15.3. The molecule has 4 aromatic rings. The predicted octanol–water partition coefficient (Wildman–Crippen LogP) is 4.19. The molecular weight excluding hydrogens is 352 g/mol. The molecule has 0 atom stereocenters. The van der Waals surface area contributed by atoms with Crippen LogP contribution in [0.4, 0.5) is 5.95 Å². The Morgan fingerprint density at radius 3 is 1.43 bits per heavy atom. The van der Waals surface area contributed by atoms with Crippen LogP contribution in [0, 0.1) is 6.92 Å². The normalized spacial score (nSPS) is 10.0. The van der Waals surface area contributed by atoms with Gasteiger partial charge in [0.05, 0.1) is 11.1 Å². The van der Waals surface area contributed by atoms with Crippen molar-refractivity contribution in [2.75, 3.05) is 5.73 Å². The topological polar surface area (TPSA) is 105 Å². The number of phenols is 2. The lowest BCUT2D eigenvalue weighted by Gasteiger charge is -2.07. The molecule has 6 heteroatoms. The summed E-state index contributed by atoms with van der Waals surface area (Å²) >= 11 is 0. The molecule has 0 spiro atoms. The van der Waals surface area contributed by atoms with Crippen LogP contribution in [-0.2, 0) is 0 Å². The lowest BCUT2D eigenvalue weighted by Crippen LogP contribution is -2.02. The first-order chi connectivity index (χ1) is 13.5. The van der Waals surface area contributed by atoms with Gasteiger partial charge in [-0.2, -0.15) is 9.97 Å². The van der Waals surface area contributed by atoms with E-state index in [4.69, 9.17) is 5.73 Å². The second-order valence-corrected chi connectivity index (χ2v) is 6.03. The molecule has 6 nitrogen and oxygen atoms in total. The summed E-state index contributed by atoms with van der Waals surface area (Å²) in [5.74, 6) is 0.608. The Morgan fingerprint density at radius 1 is 0.607 bits per heavy atom. The number of nitrogens with zero attached hydrogens (tertiary/aromatic N) is 3. The third-order valence-electron chi connectivity index (χ3n) is 3.88. The van der Waals surface area contributed by atoms with Crippen LogP contribution in [0.2, 0.25) is 0 Å². The third-order valence-corrected chi connectivity index (χ3v) is 3.88. The maximum Gasteiger partial charge on any atom is 0.224 e. The fourth-order valence-corrected chi connectivity index (χ4v) is 2.49. The number of aromatic hydroxyl groups is 2. The Labute approximate surface area is 163 Å². The Bertz CT molecular complexity index is 1010. The van der Waals surface area contributed by atoms with Gasteiger partial charge in [-0.15, -0.1) is 0 Å². The molecule has 0 saturated heterocycles. The van der Waals surface area contributed by atoms with E-state index in [1.165, 1.54) is 17.7 Å². The standard InChI is InChI=1S/C15H12N4O2.C7H8/c16-15-18-13(9-5-1-3-7-11(9)20)17-14(19-15)10-6-2-4-8-12(10)21;1-7-5-3-2-4-6-7/h1-8,20-21H,(H2,16,17,18,19);2-6H,1H3. The summed E-state index contributed by atoms with van der Waals surface area (Å²) in [6, 6.07) is 23.6. The van der Waals surface area contributed by atoms with Gasteiger partial charge in [-0.3, -0.25) is 0 Å². The molecule has 0 aliphatic carbocycles. The molecule has 0 unspecified atom stereocenters. The molecule has 140 valence electrons. The summed E-state index contributed by atoms with van der Waals surface area (Å²) in [6.45, 7) is 2.08. The van der Waals surface area contributed by atoms with E-state index in [2.05, 4.69) is 34.0 Å². The molecule has 1 heterocycles. The summed E-state index contributed by atoms with van der Waals surface area (Å²) in [6.07, 6.45) is 0. The first kappa shape index (κ1) is 18.8. The number of benzene rings is 3. The molecule has 4 rings (SSSR count). The minimum absolute atomic E-state index is 0.0153. The van der Waals surface area contributed by atoms with Crippen molar-refractivity contribution >= 4 is 5.95 Å². The second kappa shape index (κ2) is 8.64. The van der Waals surface area contributed by atoms with Crippen molar-refractivity contribution in [3.05, 3.63) is 84.4 Å². The highest BCUT2D eigenvalue weighted by Gasteiger charge is 2.13. The largest absolute Gasteiger partial charge is 0.507 e. The molecule has 28 heavy (non-hydrogen) atoms. The van der Waals surface area contributed by atoms with E-state index < -0.39 is 0 Å². The average molecular weight is 372 g/mol. The number of hydrogen-bond acceptors (Lipinski definition) is 6. The van der Waals surface area contributed by atoms with E-state index >= 15 is 0 Å². The van der Waals surface area contributed by atoms with E-state index in [-0.39, 0.29) is 29.1 Å². The second-order valence-electron chi connectivity index (χ2n) is 6.03. The van der Waals surface area contributed by atoms with Gasteiger partial charge in [0.15, 0.2) is 11.6 Å². The number of rotatable bonds is 2. The Balaban J connectivity index is 0.000000271. The van der Waals surface area contributed by atoms with Crippen molar-refractivity contribution in [3.8, 4) is 34.3 Å². The Kier molecular flexibility index (Phi) is 5.81. The SMILES string of the molecule is Cc1ccccc1.Nc1nc(-c2ccccc2O)nc(-c2ccccc2O)n1. The van der Waals surface area contributed by atoms with Gasteiger partial charge >= 0.3 is 0 Å². The molecule has 0 amide bonds. The Hall–Kier alpha value is -3.93. The molecule has 0 bridgehead atoms. The molecule has 0 aliphatic rings. The quantitative estimate of drug-likeness (QED) is 0.487. The lowest BCUT2D eigenvalue weighted by molar-refractivity contribution is 0.477. The maximum atomic E-state index is 9.88. The first-order valence-electron chi connectivity index (χ1n) is 8.64. The predicted molar refractivity (Wildman–Crippen MR) is 110 cm³/mol. The van der Waals surface area contributed by atoms with Crippen molar-refractivity contribution in [2.45, 2.75) is 6.92 Å². The number of anilines is 1. The van der Waals surface area contributed by atoms with Crippen LogP contribution in [0.5, 0.6) is 11.5 Å². The van der Waals surface area contributed by atoms with E-state index in [1.54, 1.807) is 36.4 Å². The van der Waals surface area contributed by atoms with Gasteiger partial charge in [0.1, 0.15) is 11.5 Å². The minimum atomic E-state index is 0.0153. The van der Waals surface area contributed by atoms with Crippen molar-refractivity contribution in [1.82, 2.24) is 15.0 Å². The number of nitrogen functional groups attached to an aromatic ring is 1. The maximum absolute atomic E-state index is 9.88. The summed E-state index contributed by atoms with van der Waals surface area (Å²) in [7, 11) is 0. The van der Waals surface area contributed by atoms with Gasteiger partial charge in [0, 0.05) is 0 Å². The Morgan fingerprint density at radius 2 is 1.04 bits per heavy atom. The van der Waals surface area contributed by atoms with Crippen molar-refractivity contribution in [2.24, 2.45) is 0 Å². The van der Waals surface area contributed by atoms with Crippen molar-refractivity contribution < 1.29 is 10.2 Å². The smallest absolute Gasteiger partial charge is 0.224 e. The van der Waals surface area contributed by atoms with Crippen LogP contribution < -0.4 is 5.73 Å². The number of nitrogens with two attached hydrogens (primary N) is 1. The average Bonchev–Trinajstić information content (AvgIpc) is 2.69. The van der Waals surface area contributed by atoms with E-state index in [1.807, 2.05) is 18.2 Å². The highest BCUT2D eigenvalue weighted by molar-refractivity contribution is 5.69. The molecule has 0 saturated carbocycles. The summed E-state index contributed by atoms with van der Waals surface area (Å²) in [5.41, 5.74) is 7.93. The minimum Gasteiger partial charge on any atom is -0.507 e. The summed E-state index contributed by atoms with van der Waals surface area (Å²) in [5, 5.41) is 19.8. The molecule has 0 radical (unpaired) electrons. The number of aryl methyl sites for hydroxylation is 1. The van der Waals surface area contributed by atoms with Crippen LogP contribution >= 0.6 is 0 Å². The summed E-state index contributed by atoms with van der Waals surface area (Å²) < 4.78 is 0. The molecular formula is C22H20N4O2. The fourth-order valence-electron chi connectivity index (χ4n) is 2.49. The monoisotopic (exact) mass is 372 g/mol. The van der Waals surface area contributed by atoms with Gasteiger partial charge in [-0.1, -0.05) is 60.2 Å². The first-order valence-corrected chi connectivity index (χ1v) is 8.64. The van der Waals surface area contributed by atoms with Crippen LogP contribution in [0.3, 0.4) is 0 Å². The zero-order valence-electron chi connectivity index (χ0n) is 15.3. The van der Waals surface area contributed by atoms with E-state index in [9.17, 15) is 10.2 Å². The van der Waals surface area contributed by atoms with Gasteiger partial charge in [0.2, 0.25) is 5.95 Å².